The molecule has 2 atom stereocenters. The van der Waals surface area contributed by atoms with Gasteiger partial charge in [0.2, 0.25) is 5.91 Å². The Morgan fingerprint density at radius 2 is 2.16 bits per heavy atom. The number of carbonyl (C=O) groups excluding carboxylic acids is 1. The van der Waals surface area contributed by atoms with Crippen molar-refractivity contribution in [1.82, 2.24) is 4.90 Å². The number of anilines is 2. The molecule has 0 aromatic heterocycles. The summed E-state index contributed by atoms with van der Waals surface area (Å²) >= 11 is 0. The second-order valence-corrected chi connectivity index (χ2v) is 4.59. The summed E-state index contributed by atoms with van der Waals surface area (Å²) in [7, 11) is 1.75. The van der Waals surface area contributed by atoms with Crippen LogP contribution < -0.4 is 11.1 Å². The largest absolute Gasteiger partial charge is 0.397 e. The van der Waals surface area contributed by atoms with Gasteiger partial charge in [0.1, 0.15) is 5.82 Å². The van der Waals surface area contributed by atoms with Crippen LogP contribution in [-0.2, 0) is 4.79 Å². The predicted molar refractivity (Wildman–Crippen MR) is 73.2 cm³/mol. The summed E-state index contributed by atoms with van der Waals surface area (Å²) < 4.78 is 12.9. The highest BCUT2D eigenvalue weighted by atomic mass is 19.1. The lowest BCUT2D eigenvalue weighted by atomic mass is 10.2. The van der Waals surface area contributed by atoms with E-state index < -0.39 is 11.9 Å². The number of nitrogen functional groups attached to an aromatic ring is 1. The van der Waals surface area contributed by atoms with Gasteiger partial charge >= 0.3 is 0 Å². The monoisotopic (exact) mass is 269 g/mol. The van der Waals surface area contributed by atoms with E-state index in [0.29, 0.717) is 5.69 Å². The summed E-state index contributed by atoms with van der Waals surface area (Å²) in [5, 5.41) is 11.7. The Kier molecular flexibility index (Phi) is 5.26. The van der Waals surface area contributed by atoms with E-state index >= 15 is 0 Å². The zero-order chi connectivity index (χ0) is 14.6. The fraction of sp³-hybridized carbons (Fsp3) is 0.462. The predicted octanol–water partition coefficient (Wildman–Crippen LogP) is 1.05. The smallest absolute Gasteiger partial charge is 0.241 e. The molecule has 4 N–H and O–H groups in total. The maximum Gasteiger partial charge on any atom is 0.241 e. The third-order valence-corrected chi connectivity index (χ3v) is 3.22. The van der Waals surface area contributed by atoms with E-state index in [9.17, 15) is 9.18 Å². The van der Waals surface area contributed by atoms with Gasteiger partial charge in [0, 0.05) is 6.04 Å². The molecule has 0 saturated heterocycles. The molecule has 1 aromatic rings. The molecule has 1 aromatic carbocycles. The van der Waals surface area contributed by atoms with E-state index in [-0.39, 0.29) is 24.2 Å². The molecule has 0 bridgehead atoms. The van der Waals surface area contributed by atoms with Gasteiger partial charge in [0.25, 0.3) is 0 Å². The molecule has 1 rings (SSSR count). The molecule has 0 aliphatic heterocycles. The van der Waals surface area contributed by atoms with Crippen molar-refractivity contribution in [2.75, 3.05) is 24.7 Å². The van der Waals surface area contributed by atoms with Gasteiger partial charge < -0.3 is 16.2 Å². The molecule has 0 heterocycles. The maximum absolute atomic E-state index is 12.9. The minimum Gasteiger partial charge on any atom is -0.397 e. The fourth-order valence-electron chi connectivity index (χ4n) is 1.58. The first kappa shape index (κ1) is 15.4. The van der Waals surface area contributed by atoms with Crippen LogP contribution in [0.3, 0.4) is 0 Å². The summed E-state index contributed by atoms with van der Waals surface area (Å²) in [4.78, 5) is 13.8. The Bertz CT molecular complexity index is 454. The first-order valence-corrected chi connectivity index (χ1v) is 6.05. The Morgan fingerprint density at radius 1 is 1.53 bits per heavy atom. The number of aliphatic hydroxyl groups excluding tert-OH is 1. The summed E-state index contributed by atoms with van der Waals surface area (Å²) in [6, 6.07) is 3.24. The summed E-state index contributed by atoms with van der Waals surface area (Å²) in [5.74, 6) is -0.712. The van der Waals surface area contributed by atoms with Gasteiger partial charge in [-0.05, 0) is 39.1 Å². The number of rotatable bonds is 5. The minimum atomic E-state index is -0.449. The number of amides is 1. The number of halogens is 1. The molecular weight excluding hydrogens is 249 g/mol. The highest BCUT2D eigenvalue weighted by Gasteiger charge is 2.22. The summed E-state index contributed by atoms with van der Waals surface area (Å²) in [6.07, 6.45) is 0. The topological polar surface area (TPSA) is 78.6 Å². The second kappa shape index (κ2) is 6.49. The second-order valence-electron chi connectivity index (χ2n) is 4.59. The van der Waals surface area contributed by atoms with Crippen LogP contribution in [0.4, 0.5) is 15.8 Å². The highest BCUT2D eigenvalue weighted by molar-refractivity contribution is 5.97. The molecular formula is C13H20FN3O2. The van der Waals surface area contributed by atoms with Gasteiger partial charge in [-0.3, -0.25) is 9.69 Å². The van der Waals surface area contributed by atoms with E-state index in [4.69, 9.17) is 10.8 Å². The number of hydrogen-bond acceptors (Lipinski definition) is 4. The lowest BCUT2D eigenvalue weighted by Gasteiger charge is -2.28. The van der Waals surface area contributed by atoms with E-state index in [1.165, 1.54) is 12.1 Å². The molecule has 0 fully saturated rings. The van der Waals surface area contributed by atoms with Gasteiger partial charge in [-0.25, -0.2) is 4.39 Å². The lowest BCUT2D eigenvalue weighted by Crippen LogP contribution is -2.45. The number of likely N-dealkylation sites (N-methyl/N-ethyl adjacent to an activating group) is 1. The van der Waals surface area contributed by atoms with Crippen molar-refractivity contribution in [3.05, 3.63) is 24.0 Å². The molecule has 0 spiro atoms. The maximum atomic E-state index is 12.9. The van der Waals surface area contributed by atoms with E-state index in [1.807, 2.05) is 6.92 Å². The van der Waals surface area contributed by atoms with E-state index in [2.05, 4.69) is 5.32 Å². The Morgan fingerprint density at radius 3 is 2.68 bits per heavy atom. The van der Waals surface area contributed by atoms with Gasteiger partial charge in [0.05, 0.1) is 24.0 Å². The highest BCUT2D eigenvalue weighted by Crippen LogP contribution is 2.19. The average Bonchev–Trinajstić information content (AvgIpc) is 2.39. The third-order valence-electron chi connectivity index (χ3n) is 3.22. The van der Waals surface area contributed by atoms with Crippen LogP contribution in [0.25, 0.3) is 0 Å². The normalized spacial score (nSPS) is 14.2. The zero-order valence-electron chi connectivity index (χ0n) is 11.4. The van der Waals surface area contributed by atoms with Gasteiger partial charge in [0.15, 0.2) is 0 Å². The summed E-state index contributed by atoms with van der Waals surface area (Å²) in [5.41, 5.74) is 6.18. The van der Waals surface area contributed by atoms with E-state index in [0.717, 1.165) is 6.07 Å². The SMILES string of the molecule is CC(CO)N(C)C(C)C(=O)Nc1ccc(F)cc1N. The van der Waals surface area contributed by atoms with Crippen LogP contribution >= 0.6 is 0 Å². The third kappa shape index (κ3) is 3.90. The number of nitrogens with two attached hydrogens (primary N) is 1. The number of nitrogens with one attached hydrogen (secondary N) is 1. The van der Waals surface area contributed by atoms with Crippen LogP contribution in [0.15, 0.2) is 18.2 Å². The van der Waals surface area contributed by atoms with Crippen molar-refractivity contribution >= 4 is 17.3 Å². The Labute approximate surface area is 112 Å². The molecule has 6 heteroatoms. The average molecular weight is 269 g/mol. The van der Waals surface area contributed by atoms with Crippen molar-refractivity contribution < 1.29 is 14.3 Å². The first-order valence-electron chi connectivity index (χ1n) is 6.05. The van der Waals surface area contributed by atoms with Gasteiger partial charge in [-0.1, -0.05) is 0 Å². The first-order chi connectivity index (χ1) is 8.86. The number of benzene rings is 1. The van der Waals surface area contributed by atoms with Crippen LogP contribution in [-0.4, -0.2) is 41.7 Å². The number of nitrogens with zero attached hydrogens (tertiary/aromatic N) is 1. The standard InChI is InChI=1S/C13H20FN3O2/c1-8(7-18)17(3)9(2)13(19)16-12-5-4-10(14)6-11(12)15/h4-6,8-9,18H,7,15H2,1-3H3,(H,16,19). The van der Waals surface area contributed by atoms with Crippen molar-refractivity contribution in [2.24, 2.45) is 0 Å². The van der Waals surface area contributed by atoms with Crippen LogP contribution in [0, 0.1) is 5.82 Å². The summed E-state index contributed by atoms with van der Waals surface area (Å²) in [6.45, 7) is 3.50. The fourth-order valence-corrected chi connectivity index (χ4v) is 1.58. The number of carbonyl (C=O) groups is 1. The molecule has 1 amide bonds. The van der Waals surface area contributed by atoms with Crippen LogP contribution in [0.1, 0.15) is 13.8 Å². The quantitative estimate of drug-likeness (QED) is 0.698. The Balaban J connectivity index is 2.74. The molecule has 0 aliphatic rings. The number of aliphatic hydroxyl groups is 1. The molecule has 0 radical (unpaired) electrons. The van der Waals surface area contributed by atoms with Crippen molar-refractivity contribution in [1.29, 1.82) is 0 Å². The number of hydrogen-bond donors (Lipinski definition) is 3. The van der Waals surface area contributed by atoms with Crippen LogP contribution in [0.2, 0.25) is 0 Å². The van der Waals surface area contributed by atoms with Crippen molar-refractivity contribution in [3.63, 3.8) is 0 Å². The van der Waals surface area contributed by atoms with E-state index in [1.54, 1.807) is 18.9 Å². The lowest BCUT2D eigenvalue weighted by molar-refractivity contribution is -0.121. The molecule has 2 unspecified atom stereocenters. The molecule has 106 valence electrons. The molecule has 19 heavy (non-hydrogen) atoms. The van der Waals surface area contributed by atoms with Gasteiger partial charge in [-0.2, -0.15) is 0 Å². The van der Waals surface area contributed by atoms with Crippen molar-refractivity contribution in [3.8, 4) is 0 Å². The van der Waals surface area contributed by atoms with Crippen molar-refractivity contribution in [2.45, 2.75) is 25.9 Å². The Hall–Kier alpha value is -1.66. The zero-order valence-corrected chi connectivity index (χ0v) is 11.4. The molecule has 5 nitrogen and oxygen atoms in total. The van der Waals surface area contributed by atoms with Gasteiger partial charge in [-0.15, -0.1) is 0 Å². The molecule has 0 aliphatic carbocycles. The molecule has 0 saturated carbocycles. The minimum absolute atomic E-state index is 0.0349. The van der Waals surface area contributed by atoms with Crippen LogP contribution in [0.5, 0.6) is 0 Å².